The fourth-order valence-corrected chi connectivity index (χ4v) is 5.29. The molecule has 2 N–H and O–H groups in total. The van der Waals surface area contributed by atoms with Gasteiger partial charge < -0.3 is 19.9 Å². The Morgan fingerprint density at radius 1 is 1.06 bits per heavy atom. The molecular formula is C26H28N6O. The summed E-state index contributed by atoms with van der Waals surface area (Å²) in [5.74, 6) is 1.41. The normalized spacial score (nSPS) is 20.0. The number of rotatable bonds is 5. The lowest BCUT2D eigenvalue weighted by Gasteiger charge is -2.34. The van der Waals surface area contributed by atoms with Crippen LogP contribution < -0.4 is 15.0 Å². The Bertz CT molecular complexity index is 1330. The molecule has 2 aromatic heterocycles. The van der Waals surface area contributed by atoms with Crippen molar-refractivity contribution in [2.24, 2.45) is 0 Å². The summed E-state index contributed by atoms with van der Waals surface area (Å²) in [6, 6.07) is 17.9. The number of hydrogen-bond donors (Lipinski definition) is 2. The lowest BCUT2D eigenvalue weighted by atomic mass is 10.1. The number of aromatic amines is 1. The lowest BCUT2D eigenvalue weighted by molar-refractivity contribution is 0.292. The molecule has 2 aromatic carbocycles. The highest BCUT2D eigenvalue weighted by Gasteiger charge is 2.41. The highest BCUT2D eigenvalue weighted by Crippen LogP contribution is 2.36. The standard InChI is InChI=1S/C26H28N6O/c1-16-10-18(5-7-25(16)32-15-19-12-20(32)14-31(19)2)28-26-27-9-8-22(30-26)24-11-17-4-6-21(33-3)13-23(17)29-24/h4-11,13,19-20,29H,12,14-15H2,1-3H3,(H,27,28,30)/t19-,20-/m0/s1. The van der Waals surface area contributed by atoms with E-state index in [-0.39, 0.29) is 0 Å². The zero-order valence-electron chi connectivity index (χ0n) is 19.2. The van der Waals surface area contributed by atoms with Gasteiger partial charge in [0.25, 0.3) is 0 Å². The van der Waals surface area contributed by atoms with Crippen LogP contribution in [0.1, 0.15) is 12.0 Å². The van der Waals surface area contributed by atoms with E-state index in [2.05, 4.69) is 63.3 Å². The molecule has 2 bridgehead atoms. The van der Waals surface area contributed by atoms with E-state index in [1.807, 2.05) is 24.3 Å². The number of hydrogen-bond acceptors (Lipinski definition) is 6. The number of likely N-dealkylation sites (N-methyl/N-ethyl adjacent to an activating group) is 1. The Labute approximate surface area is 193 Å². The monoisotopic (exact) mass is 440 g/mol. The molecule has 2 aliphatic rings. The molecule has 6 rings (SSSR count). The maximum atomic E-state index is 5.33. The number of aryl methyl sites for hydroxylation is 1. The Morgan fingerprint density at radius 2 is 1.97 bits per heavy atom. The fourth-order valence-electron chi connectivity index (χ4n) is 5.29. The van der Waals surface area contributed by atoms with E-state index in [0.717, 1.165) is 46.8 Å². The predicted molar refractivity (Wildman–Crippen MR) is 133 cm³/mol. The molecule has 4 heterocycles. The molecule has 33 heavy (non-hydrogen) atoms. The molecule has 2 atom stereocenters. The first kappa shape index (κ1) is 20.1. The first-order valence-electron chi connectivity index (χ1n) is 11.4. The van der Waals surface area contributed by atoms with Crippen LogP contribution >= 0.6 is 0 Å². The number of aromatic nitrogens is 3. The van der Waals surface area contributed by atoms with Gasteiger partial charge in [0, 0.05) is 59.7 Å². The predicted octanol–water partition coefficient (Wildman–Crippen LogP) is 4.58. The minimum absolute atomic E-state index is 0.581. The van der Waals surface area contributed by atoms with Gasteiger partial charge in [-0.3, -0.25) is 4.90 Å². The van der Waals surface area contributed by atoms with Crippen molar-refractivity contribution in [1.29, 1.82) is 0 Å². The summed E-state index contributed by atoms with van der Waals surface area (Å²) in [7, 11) is 3.91. The third-order valence-corrected chi connectivity index (χ3v) is 7.04. The van der Waals surface area contributed by atoms with E-state index in [9.17, 15) is 0 Å². The van der Waals surface area contributed by atoms with Gasteiger partial charge in [-0.15, -0.1) is 0 Å². The van der Waals surface area contributed by atoms with E-state index >= 15 is 0 Å². The zero-order chi connectivity index (χ0) is 22.5. The number of ether oxygens (including phenoxy) is 1. The summed E-state index contributed by atoms with van der Waals surface area (Å²) in [5.41, 5.74) is 6.42. The highest BCUT2D eigenvalue weighted by atomic mass is 16.5. The maximum absolute atomic E-state index is 5.33. The second-order valence-electron chi connectivity index (χ2n) is 9.16. The van der Waals surface area contributed by atoms with Gasteiger partial charge in [0.15, 0.2) is 0 Å². The van der Waals surface area contributed by atoms with E-state index in [1.165, 1.54) is 17.7 Å². The molecule has 7 nitrogen and oxygen atoms in total. The summed E-state index contributed by atoms with van der Waals surface area (Å²) in [6.07, 6.45) is 3.06. The van der Waals surface area contributed by atoms with Gasteiger partial charge in [-0.1, -0.05) is 0 Å². The average Bonchev–Trinajstić information content (AvgIpc) is 3.52. The van der Waals surface area contributed by atoms with Crippen molar-refractivity contribution < 1.29 is 4.74 Å². The Kier molecular flexibility index (Phi) is 4.73. The van der Waals surface area contributed by atoms with Gasteiger partial charge in [0.05, 0.1) is 18.5 Å². The molecule has 4 aromatic rings. The number of nitrogens with zero attached hydrogens (tertiary/aromatic N) is 4. The number of nitrogens with one attached hydrogen (secondary N) is 2. The van der Waals surface area contributed by atoms with Gasteiger partial charge in [0.1, 0.15) is 5.75 Å². The second-order valence-corrected chi connectivity index (χ2v) is 9.16. The molecule has 0 unspecified atom stereocenters. The summed E-state index contributed by atoms with van der Waals surface area (Å²) < 4.78 is 5.33. The number of piperazine rings is 1. The third kappa shape index (κ3) is 3.58. The quantitative estimate of drug-likeness (QED) is 0.474. The molecule has 2 fully saturated rings. The number of fused-ring (bicyclic) bond motifs is 3. The number of anilines is 3. The van der Waals surface area contributed by atoms with E-state index in [0.29, 0.717) is 18.0 Å². The maximum Gasteiger partial charge on any atom is 0.227 e. The largest absolute Gasteiger partial charge is 0.497 e. The Hall–Kier alpha value is -3.58. The summed E-state index contributed by atoms with van der Waals surface area (Å²) >= 11 is 0. The minimum Gasteiger partial charge on any atom is -0.497 e. The van der Waals surface area contributed by atoms with E-state index in [4.69, 9.17) is 9.72 Å². The molecule has 0 saturated carbocycles. The number of H-pyrrole nitrogens is 1. The van der Waals surface area contributed by atoms with Crippen molar-refractivity contribution in [2.75, 3.05) is 37.5 Å². The Balaban J connectivity index is 1.22. The van der Waals surface area contributed by atoms with Crippen LogP contribution in [-0.2, 0) is 0 Å². The van der Waals surface area contributed by atoms with E-state index < -0.39 is 0 Å². The molecular weight excluding hydrogens is 412 g/mol. The first-order chi connectivity index (χ1) is 16.1. The van der Waals surface area contributed by atoms with Crippen LogP contribution in [0, 0.1) is 6.92 Å². The van der Waals surface area contributed by atoms with E-state index in [1.54, 1.807) is 13.3 Å². The average molecular weight is 441 g/mol. The molecule has 0 aliphatic carbocycles. The van der Waals surface area contributed by atoms with Crippen molar-refractivity contribution in [3.05, 3.63) is 60.3 Å². The first-order valence-corrected chi connectivity index (χ1v) is 11.4. The van der Waals surface area contributed by atoms with Gasteiger partial charge in [0.2, 0.25) is 5.95 Å². The minimum atomic E-state index is 0.581. The topological polar surface area (TPSA) is 69.3 Å². The van der Waals surface area contributed by atoms with Crippen molar-refractivity contribution in [2.45, 2.75) is 25.4 Å². The molecule has 0 amide bonds. The van der Waals surface area contributed by atoms with Crippen molar-refractivity contribution in [3.63, 3.8) is 0 Å². The summed E-state index contributed by atoms with van der Waals surface area (Å²) in [5, 5.41) is 4.50. The van der Waals surface area contributed by atoms with Crippen molar-refractivity contribution >= 4 is 28.2 Å². The Morgan fingerprint density at radius 3 is 2.73 bits per heavy atom. The number of benzene rings is 2. The molecule has 7 heteroatoms. The lowest BCUT2D eigenvalue weighted by Crippen LogP contribution is -2.44. The fraction of sp³-hybridized carbons (Fsp3) is 0.308. The highest BCUT2D eigenvalue weighted by molar-refractivity contribution is 5.86. The van der Waals surface area contributed by atoms with Crippen LogP contribution in [-0.4, -0.2) is 59.2 Å². The van der Waals surface area contributed by atoms with Crippen LogP contribution in [0.25, 0.3) is 22.3 Å². The van der Waals surface area contributed by atoms with Gasteiger partial charge in [-0.05, 0) is 68.4 Å². The number of likely N-dealkylation sites (tertiary alicyclic amines) is 1. The third-order valence-electron chi connectivity index (χ3n) is 7.04. The van der Waals surface area contributed by atoms with Crippen LogP contribution in [0.2, 0.25) is 0 Å². The summed E-state index contributed by atoms with van der Waals surface area (Å²) in [6.45, 7) is 4.47. The SMILES string of the molecule is COc1ccc2cc(-c3ccnc(Nc4ccc(N5C[C@@H]6C[C@H]5CN6C)c(C)c4)n3)[nH]c2c1. The van der Waals surface area contributed by atoms with Crippen LogP contribution in [0.15, 0.2) is 54.7 Å². The summed E-state index contributed by atoms with van der Waals surface area (Å²) in [4.78, 5) is 17.7. The second kappa shape index (κ2) is 7.78. The molecule has 0 spiro atoms. The van der Waals surface area contributed by atoms with Gasteiger partial charge in [-0.25, -0.2) is 9.97 Å². The molecule has 2 saturated heterocycles. The van der Waals surface area contributed by atoms with Crippen LogP contribution in [0.5, 0.6) is 5.75 Å². The smallest absolute Gasteiger partial charge is 0.227 e. The van der Waals surface area contributed by atoms with Gasteiger partial charge in [-0.2, -0.15) is 0 Å². The van der Waals surface area contributed by atoms with Crippen molar-refractivity contribution in [1.82, 2.24) is 19.9 Å². The zero-order valence-corrected chi connectivity index (χ0v) is 19.2. The van der Waals surface area contributed by atoms with Gasteiger partial charge >= 0.3 is 0 Å². The van der Waals surface area contributed by atoms with Crippen molar-refractivity contribution in [3.8, 4) is 17.1 Å². The molecule has 168 valence electrons. The number of methoxy groups -OCH3 is 1. The molecule has 0 radical (unpaired) electrons. The van der Waals surface area contributed by atoms with Crippen LogP contribution in [0.3, 0.4) is 0 Å². The van der Waals surface area contributed by atoms with Crippen LogP contribution in [0.4, 0.5) is 17.3 Å². The molecule has 2 aliphatic heterocycles.